The molecule has 0 unspecified atom stereocenters. The number of nitrogens with one attached hydrogen (secondary N) is 1. The van der Waals surface area contributed by atoms with Crippen molar-refractivity contribution in [3.8, 4) is 11.5 Å². The van der Waals surface area contributed by atoms with E-state index in [0.29, 0.717) is 17.2 Å². The second kappa shape index (κ2) is 8.49. The highest BCUT2D eigenvalue weighted by molar-refractivity contribution is 9.10. The van der Waals surface area contributed by atoms with Crippen molar-refractivity contribution in [1.29, 1.82) is 0 Å². The van der Waals surface area contributed by atoms with Crippen molar-refractivity contribution in [2.24, 2.45) is 5.92 Å². The molecule has 1 N–H and O–H groups in total. The lowest BCUT2D eigenvalue weighted by molar-refractivity contribution is -0.136. The van der Waals surface area contributed by atoms with E-state index in [1.807, 2.05) is 13.8 Å². The molecule has 0 saturated heterocycles. The number of rotatable bonds is 6. The van der Waals surface area contributed by atoms with Gasteiger partial charge in [0.1, 0.15) is 11.5 Å². The van der Waals surface area contributed by atoms with E-state index >= 15 is 0 Å². The molecule has 0 fully saturated rings. The summed E-state index contributed by atoms with van der Waals surface area (Å²) in [6, 6.07) is 13.8. The fourth-order valence-corrected chi connectivity index (χ4v) is 2.02. The van der Waals surface area contributed by atoms with Crippen molar-refractivity contribution in [2.75, 3.05) is 11.9 Å². The second-order valence-electron chi connectivity index (χ2n) is 5.39. The molecule has 0 radical (unpaired) electrons. The molecule has 0 spiro atoms. The Balaban J connectivity index is 1.88. The lowest BCUT2D eigenvalue weighted by atomic mass is 10.2. The van der Waals surface area contributed by atoms with E-state index in [9.17, 15) is 9.59 Å². The standard InChI is InChI=1S/C18H18BrNO4/c1-12(2)18(22)20-14-4-3-5-16(10-14)23-11-17(21)24-15-8-6-13(19)7-9-15/h3-10,12H,11H2,1-2H3,(H,20,22). The first kappa shape index (κ1) is 18.0. The maximum absolute atomic E-state index is 11.8. The van der Waals surface area contributed by atoms with Crippen LogP contribution < -0.4 is 14.8 Å². The highest BCUT2D eigenvalue weighted by Crippen LogP contribution is 2.19. The lowest BCUT2D eigenvalue weighted by Gasteiger charge is -2.10. The Morgan fingerprint density at radius 1 is 1.08 bits per heavy atom. The van der Waals surface area contributed by atoms with Crippen LogP contribution >= 0.6 is 15.9 Å². The van der Waals surface area contributed by atoms with Crippen molar-refractivity contribution in [3.05, 3.63) is 53.0 Å². The first-order chi connectivity index (χ1) is 11.4. The number of halogens is 1. The van der Waals surface area contributed by atoms with Gasteiger partial charge in [0.25, 0.3) is 0 Å². The molecule has 0 aliphatic heterocycles. The first-order valence-corrected chi connectivity index (χ1v) is 8.23. The summed E-state index contributed by atoms with van der Waals surface area (Å²) in [5, 5.41) is 2.77. The molecule has 0 heterocycles. The minimum atomic E-state index is -0.506. The summed E-state index contributed by atoms with van der Waals surface area (Å²) in [5.41, 5.74) is 0.618. The number of ether oxygens (including phenoxy) is 2. The second-order valence-corrected chi connectivity index (χ2v) is 6.30. The van der Waals surface area contributed by atoms with Crippen LogP contribution in [0.25, 0.3) is 0 Å². The van der Waals surface area contributed by atoms with Crippen LogP contribution in [0, 0.1) is 5.92 Å². The monoisotopic (exact) mass is 391 g/mol. The average molecular weight is 392 g/mol. The van der Waals surface area contributed by atoms with E-state index in [0.717, 1.165) is 4.47 Å². The minimum absolute atomic E-state index is 0.0817. The van der Waals surface area contributed by atoms with E-state index < -0.39 is 5.97 Å². The topological polar surface area (TPSA) is 64.6 Å². The molecule has 1 amide bonds. The largest absolute Gasteiger partial charge is 0.482 e. The number of amides is 1. The number of hydrogen-bond donors (Lipinski definition) is 1. The maximum atomic E-state index is 11.8. The van der Waals surface area contributed by atoms with Crippen molar-refractivity contribution in [1.82, 2.24) is 0 Å². The van der Waals surface area contributed by atoms with Gasteiger partial charge in [-0.3, -0.25) is 4.79 Å². The van der Waals surface area contributed by atoms with Gasteiger partial charge in [0, 0.05) is 22.1 Å². The van der Waals surface area contributed by atoms with Gasteiger partial charge in [0.15, 0.2) is 6.61 Å². The van der Waals surface area contributed by atoms with Crippen molar-refractivity contribution in [2.45, 2.75) is 13.8 Å². The van der Waals surface area contributed by atoms with E-state index in [1.165, 1.54) is 0 Å². The highest BCUT2D eigenvalue weighted by atomic mass is 79.9. The Labute approximate surface area is 149 Å². The Morgan fingerprint density at radius 3 is 2.46 bits per heavy atom. The summed E-state index contributed by atoms with van der Waals surface area (Å²) in [5.74, 6) is 0.222. The SMILES string of the molecule is CC(C)C(=O)Nc1cccc(OCC(=O)Oc2ccc(Br)cc2)c1. The van der Waals surface area contributed by atoms with Gasteiger partial charge in [-0.15, -0.1) is 0 Å². The van der Waals surface area contributed by atoms with Crippen molar-refractivity contribution in [3.63, 3.8) is 0 Å². The molecule has 2 rings (SSSR count). The van der Waals surface area contributed by atoms with Gasteiger partial charge in [-0.05, 0) is 36.4 Å². The van der Waals surface area contributed by atoms with Crippen LogP contribution in [0.2, 0.25) is 0 Å². The third-order valence-electron chi connectivity index (χ3n) is 3.03. The fraction of sp³-hybridized carbons (Fsp3) is 0.222. The van der Waals surface area contributed by atoms with E-state index in [1.54, 1.807) is 48.5 Å². The lowest BCUT2D eigenvalue weighted by Crippen LogP contribution is -2.19. The normalized spacial score (nSPS) is 10.3. The summed E-state index contributed by atoms with van der Waals surface area (Å²) in [6.45, 7) is 3.40. The smallest absolute Gasteiger partial charge is 0.349 e. The van der Waals surface area contributed by atoms with Gasteiger partial charge in [-0.1, -0.05) is 35.8 Å². The molecule has 0 bridgehead atoms. The quantitative estimate of drug-likeness (QED) is 0.596. The zero-order valence-corrected chi connectivity index (χ0v) is 15.0. The molecule has 0 aliphatic rings. The van der Waals surface area contributed by atoms with Gasteiger partial charge < -0.3 is 14.8 Å². The van der Waals surface area contributed by atoms with E-state index in [4.69, 9.17) is 9.47 Å². The third kappa shape index (κ3) is 5.70. The summed E-state index contributed by atoms with van der Waals surface area (Å²) in [6.07, 6.45) is 0. The molecule has 126 valence electrons. The Morgan fingerprint density at radius 2 is 1.79 bits per heavy atom. The van der Waals surface area contributed by atoms with E-state index in [-0.39, 0.29) is 18.4 Å². The summed E-state index contributed by atoms with van der Waals surface area (Å²) < 4.78 is 11.5. The van der Waals surface area contributed by atoms with E-state index in [2.05, 4.69) is 21.2 Å². The Bertz CT molecular complexity index is 713. The number of benzene rings is 2. The highest BCUT2D eigenvalue weighted by Gasteiger charge is 2.09. The Kier molecular flexibility index (Phi) is 6.37. The van der Waals surface area contributed by atoms with Crippen LogP contribution in [0.4, 0.5) is 5.69 Å². The molecule has 2 aromatic carbocycles. The van der Waals surface area contributed by atoms with Gasteiger partial charge in [-0.2, -0.15) is 0 Å². The van der Waals surface area contributed by atoms with Crippen LogP contribution in [0.3, 0.4) is 0 Å². The third-order valence-corrected chi connectivity index (χ3v) is 3.56. The molecule has 6 heteroatoms. The number of carbonyl (C=O) groups is 2. The minimum Gasteiger partial charge on any atom is -0.482 e. The Hall–Kier alpha value is -2.34. The van der Waals surface area contributed by atoms with Gasteiger partial charge >= 0.3 is 5.97 Å². The zero-order chi connectivity index (χ0) is 17.5. The van der Waals surface area contributed by atoms with Crippen LogP contribution in [-0.4, -0.2) is 18.5 Å². The van der Waals surface area contributed by atoms with Gasteiger partial charge in [0.05, 0.1) is 0 Å². The predicted octanol–water partition coefficient (Wildman–Crippen LogP) is 4.03. The van der Waals surface area contributed by atoms with Crippen LogP contribution in [0.15, 0.2) is 53.0 Å². The number of esters is 1. The van der Waals surface area contributed by atoms with Crippen molar-refractivity contribution >= 4 is 33.5 Å². The maximum Gasteiger partial charge on any atom is 0.349 e. The fourth-order valence-electron chi connectivity index (χ4n) is 1.76. The average Bonchev–Trinajstić information content (AvgIpc) is 2.55. The molecule has 24 heavy (non-hydrogen) atoms. The van der Waals surface area contributed by atoms with Crippen LogP contribution in [-0.2, 0) is 9.59 Å². The molecule has 0 aromatic heterocycles. The predicted molar refractivity (Wildman–Crippen MR) is 95.2 cm³/mol. The first-order valence-electron chi connectivity index (χ1n) is 7.44. The molecular formula is C18H18BrNO4. The number of carbonyl (C=O) groups excluding carboxylic acids is 2. The number of anilines is 1. The summed E-state index contributed by atoms with van der Waals surface area (Å²) >= 11 is 3.31. The molecule has 2 aromatic rings. The van der Waals surface area contributed by atoms with Gasteiger partial charge in [-0.25, -0.2) is 4.79 Å². The van der Waals surface area contributed by atoms with Crippen LogP contribution in [0.5, 0.6) is 11.5 Å². The summed E-state index contributed by atoms with van der Waals surface area (Å²) in [4.78, 5) is 23.5. The molecular weight excluding hydrogens is 374 g/mol. The zero-order valence-electron chi connectivity index (χ0n) is 13.4. The van der Waals surface area contributed by atoms with Crippen molar-refractivity contribution < 1.29 is 19.1 Å². The molecule has 0 aliphatic carbocycles. The molecule has 5 nitrogen and oxygen atoms in total. The van der Waals surface area contributed by atoms with Gasteiger partial charge in [0.2, 0.25) is 5.91 Å². The number of hydrogen-bond acceptors (Lipinski definition) is 4. The van der Waals surface area contributed by atoms with Crippen LogP contribution in [0.1, 0.15) is 13.8 Å². The molecule has 0 saturated carbocycles. The molecule has 0 atom stereocenters. The summed E-state index contributed by atoms with van der Waals surface area (Å²) in [7, 11) is 0.